The highest BCUT2D eigenvalue weighted by Crippen LogP contribution is 2.45. The maximum atomic E-state index is 15.8. The van der Waals surface area contributed by atoms with E-state index in [0.717, 1.165) is 6.07 Å². The van der Waals surface area contributed by atoms with E-state index in [1.807, 2.05) is 0 Å². The number of nitrogens with zero attached hydrogens (tertiary/aromatic N) is 3. The Morgan fingerprint density at radius 1 is 0.915 bits per heavy atom. The third-order valence-electron chi connectivity index (χ3n) is 8.04. The first kappa shape index (κ1) is 33.7. The molecule has 0 atom stereocenters. The zero-order valence-corrected chi connectivity index (χ0v) is 24.6. The number of pyridine rings is 1. The standard InChI is InChI=1S/C32H27F8N3O4/c1-2-18-16-20(19-10-13-21(14-11-19)30(33,34)35)12-15-23(18)32(39,40)47-25-8-4-3-6-22(25)24-7-5-9-27(42-24)43-28(31(36,37)38)26(17-41-43)46-29(44)45/h3-9,12,15-17,19,21H,2,10-11,13-14H2,1H3,(H,44,45). The van der Waals surface area contributed by atoms with Crippen molar-refractivity contribution in [1.29, 1.82) is 0 Å². The summed E-state index contributed by atoms with van der Waals surface area (Å²) in [6.45, 7) is 1.67. The number of carboxylic acid groups (broad SMARTS) is 1. The number of carbonyl (C=O) groups is 1. The molecule has 250 valence electrons. The molecule has 0 spiro atoms. The Hall–Kier alpha value is -4.69. The molecule has 47 heavy (non-hydrogen) atoms. The van der Waals surface area contributed by atoms with Crippen molar-refractivity contribution in [2.75, 3.05) is 0 Å². The average Bonchev–Trinajstić information content (AvgIpc) is 3.44. The second kappa shape index (κ2) is 12.8. The smallest absolute Gasteiger partial charge is 0.449 e. The number of benzene rings is 2. The van der Waals surface area contributed by atoms with Gasteiger partial charge in [-0.3, -0.25) is 0 Å². The van der Waals surface area contributed by atoms with Gasteiger partial charge in [0.1, 0.15) is 5.75 Å². The van der Waals surface area contributed by atoms with Crippen molar-refractivity contribution in [3.8, 4) is 28.6 Å². The van der Waals surface area contributed by atoms with Gasteiger partial charge < -0.3 is 14.6 Å². The molecule has 0 amide bonds. The Morgan fingerprint density at radius 2 is 1.62 bits per heavy atom. The molecule has 15 heteroatoms. The molecule has 2 aromatic heterocycles. The number of hydrogen-bond acceptors (Lipinski definition) is 5. The highest BCUT2D eigenvalue weighted by Gasteiger charge is 2.43. The number of hydrogen-bond donors (Lipinski definition) is 1. The quantitative estimate of drug-likeness (QED) is 0.149. The highest BCUT2D eigenvalue weighted by molar-refractivity contribution is 5.68. The summed E-state index contributed by atoms with van der Waals surface area (Å²) >= 11 is 0. The van der Waals surface area contributed by atoms with Gasteiger partial charge in [0.05, 0.1) is 23.4 Å². The van der Waals surface area contributed by atoms with Gasteiger partial charge in [-0.1, -0.05) is 37.3 Å². The molecule has 7 nitrogen and oxygen atoms in total. The Bertz CT molecular complexity index is 1740. The van der Waals surface area contributed by atoms with E-state index in [1.54, 1.807) is 13.0 Å². The summed E-state index contributed by atoms with van der Waals surface area (Å²) in [5.41, 5.74) is -1.12. The van der Waals surface area contributed by atoms with E-state index in [2.05, 4.69) is 14.8 Å². The van der Waals surface area contributed by atoms with Gasteiger partial charge >= 0.3 is 24.6 Å². The van der Waals surface area contributed by atoms with Crippen molar-refractivity contribution in [3.63, 3.8) is 0 Å². The Kier molecular flexibility index (Phi) is 9.20. The Morgan fingerprint density at radius 3 is 2.26 bits per heavy atom. The fraction of sp³-hybridized carbons (Fsp3) is 0.344. The lowest BCUT2D eigenvalue weighted by Gasteiger charge is -2.30. The zero-order chi connectivity index (χ0) is 34.1. The summed E-state index contributed by atoms with van der Waals surface area (Å²) in [5.74, 6) is -3.39. The molecular formula is C32H27F8N3O4. The normalized spacial score (nSPS) is 17.4. The van der Waals surface area contributed by atoms with Crippen LogP contribution in [0.4, 0.5) is 39.9 Å². The van der Waals surface area contributed by atoms with Crippen molar-refractivity contribution in [3.05, 3.63) is 89.2 Å². The van der Waals surface area contributed by atoms with E-state index in [-0.39, 0.29) is 60.6 Å². The topological polar surface area (TPSA) is 86.5 Å². The zero-order valence-electron chi connectivity index (χ0n) is 24.6. The molecule has 2 heterocycles. The monoisotopic (exact) mass is 669 g/mol. The Balaban J connectivity index is 1.43. The van der Waals surface area contributed by atoms with Crippen molar-refractivity contribution in [2.24, 2.45) is 5.92 Å². The molecule has 0 unspecified atom stereocenters. The van der Waals surface area contributed by atoms with Crippen LogP contribution in [0.5, 0.6) is 11.5 Å². The van der Waals surface area contributed by atoms with E-state index < -0.39 is 53.4 Å². The van der Waals surface area contributed by atoms with Gasteiger partial charge in [-0.25, -0.2) is 14.5 Å². The SMILES string of the molecule is CCc1cc(C2CCC(C(F)(F)F)CC2)ccc1C(F)(F)Oc1ccccc1-c1cccc(-n2ncc(OC(=O)O)c2C(F)(F)F)n1. The third kappa shape index (κ3) is 7.33. The third-order valence-corrected chi connectivity index (χ3v) is 8.04. The van der Waals surface area contributed by atoms with Gasteiger partial charge in [0.25, 0.3) is 0 Å². The van der Waals surface area contributed by atoms with Gasteiger partial charge in [-0.15, -0.1) is 0 Å². The van der Waals surface area contributed by atoms with Gasteiger partial charge in [-0.05, 0) is 79.5 Å². The molecule has 4 aromatic rings. The molecule has 2 aromatic carbocycles. The average molecular weight is 670 g/mol. The summed E-state index contributed by atoms with van der Waals surface area (Å²) in [5, 5.41) is 12.4. The van der Waals surface area contributed by atoms with Crippen LogP contribution in [0, 0.1) is 5.92 Å². The summed E-state index contributed by atoms with van der Waals surface area (Å²) in [6, 6.07) is 13.6. The minimum Gasteiger partial charge on any atom is -0.449 e. The molecule has 0 bridgehead atoms. The van der Waals surface area contributed by atoms with Crippen molar-refractivity contribution >= 4 is 6.16 Å². The summed E-state index contributed by atoms with van der Waals surface area (Å²) in [4.78, 5) is 15.1. The molecule has 1 fully saturated rings. The van der Waals surface area contributed by atoms with Gasteiger partial charge in [0.2, 0.25) is 0 Å². The number of halogens is 8. The molecule has 5 rings (SSSR count). The predicted octanol–water partition coefficient (Wildman–Crippen LogP) is 9.54. The lowest BCUT2D eigenvalue weighted by molar-refractivity contribution is -0.186. The van der Waals surface area contributed by atoms with Crippen LogP contribution in [-0.4, -0.2) is 32.2 Å². The molecule has 0 aliphatic heterocycles. The van der Waals surface area contributed by atoms with Crippen LogP contribution in [-0.2, 0) is 18.7 Å². The summed E-state index contributed by atoms with van der Waals surface area (Å²) < 4.78 is 122. The molecule has 1 aliphatic rings. The van der Waals surface area contributed by atoms with Crippen molar-refractivity contribution < 1.29 is 54.5 Å². The summed E-state index contributed by atoms with van der Waals surface area (Å²) in [6.07, 6.45) is -14.0. The van der Waals surface area contributed by atoms with Crippen LogP contribution in [0.3, 0.4) is 0 Å². The van der Waals surface area contributed by atoms with E-state index in [0.29, 0.717) is 16.4 Å². The number of aromatic nitrogens is 3. The van der Waals surface area contributed by atoms with E-state index in [4.69, 9.17) is 9.84 Å². The maximum Gasteiger partial charge on any atom is 0.511 e. The number of ether oxygens (including phenoxy) is 2. The second-order valence-corrected chi connectivity index (χ2v) is 11.0. The molecule has 1 aliphatic carbocycles. The first-order valence-corrected chi connectivity index (χ1v) is 14.5. The Labute approximate surface area is 262 Å². The largest absolute Gasteiger partial charge is 0.511 e. The van der Waals surface area contributed by atoms with Crippen molar-refractivity contribution in [2.45, 2.75) is 63.4 Å². The first-order chi connectivity index (χ1) is 22.1. The fourth-order valence-electron chi connectivity index (χ4n) is 5.79. The van der Waals surface area contributed by atoms with Gasteiger partial charge in [0.15, 0.2) is 17.3 Å². The minimum atomic E-state index is -5.10. The highest BCUT2D eigenvalue weighted by atomic mass is 19.4. The van der Waals surface area contributed by atoms with Crippen LogP contribution in [0.1, 0.15) is 60.9 Å². The lowest BCUT2D eigenvalue weighted by atomic mass is 9.78. The molecule has 1 N–H and O–H groups in total. The minimum absolute atomic E-state index is 0.00726. The van der Waals surface area contributed by atoms with Crippen LogP contribution < -0.4 is 9.47 Å². The van der Waals surface area contributed by atoms with Crippen molar-refractivity contribution in [1.82, 2.24) is 14.8 Å². The number of rotatable bonds is 8. The van der Waals surface area contributed by atoms with Crippen LogP contribution in [0.15, 0.2) is 66.9 Å². The predicted molar refractivity (Wildman–Crippen MR) is 152 cm³/mol. The summed E-state index contributed by atoms with van der Waals surface area (Å²) in [7, 11) is 0. The second-order valence-electron chi connectivity index (χ2n) is 11.0. The fourth-order valence-corrected chi connectivity index (χ4v) is 5.79. The van der Waals surface area contributed by atoms with E-state index in [9.17, 15) is 31.1 Å². The number of aryl methyl sites for hydroxylation is 1. The molecular weight excluding hydrogens is 642 g/mol. The molecule has 1 saturated carbocycles. The first-order valence-electron chi connectivity index (χ1n) is 14.5. The van der Waals surface area contributed by atoms with Gasteiger partial charge in [-0.2, -0.15) is 40.2 Å². The molecule has 0 saturated heterocycles. The van der Waals surface area contributed by atoms with Crippen LogP contribution in [0.2, 0.25) is 0 Å². The lowest BCUT2D eigenvalue weighted by Crippen LogP contribution is -2.27. The van der Waals surface area contributed by atoms with Crippen LogP contribution in [0.25, 0.3) is 17.1 Å². The number of alkyl halides is 8. The maximum absolute atomic E-state index is 15.8. The van der Waals surface area contributed by atoms with E-state index in [1.165, 1.54) is 48.5 Å². The molecule has 0 radical (unpaired) electrons. The number of para-hydroxylation sites is 1. The van der Waals surface area contributed by atoms with E-state index >= 15 is 8.78 Å². The van der Waals surface area contributed by atoms with Gasteiger partial charge in [0, 0.05) is 5.56 Å². The van der Waals surface area contributed by atoms with Crippen LogP contribution >= 0.6 is 0 Å².